The van der Waals surface area contributed by atoms with Gasteiger partial charge in [-0.1, -0.05) is 60.7 Å². The van der Waals surface area contributed by atoms with Crippen molar-refractivity contribution in [3.05, 3.63) is 84.9 Å². The van der Waals surface area contributed by atoms with Crippen molar-refractivity contribution >= 4 is 33.3 Å². The van der Waals surface area contributed by atoms with Gasteiger partial charge in [0.1, 0.15) is 0 Å². The zero-order valence-corrected chi connectivity index (χ0v) is 19.0. The fraction of sp³-hybridized carbons (Fsp3) is 0.160. The van der Waals surface area contributed by atoms with E-state index in [9.17, 15) is 8.42 Å². The van der Waals surface area contributed by atoms with Crippen LogP contribution in [0.25, 0.3) is 33.3 Å². The number of halogens is 1. The van der Waals surface area contributed by atoms with Crippen LogP contribution in [0.15, 0.2) is 89.8 Å². The molecule has 5 nitrogen and oxygen atoms in total. The fourth-order valence-electron chi connectivity index (χ4n) is 3.91. The first-order chi connectivity index (χ1) is 15.1. The van der Waals surface area contributed by atoms with Crippen molar-refractivity contribution in [2.45, 2.75) is 4.90 Å². The van der Waals surface area contributed by atoms with Crippen LogP contribution in [0.1, 0.15) is 0 Å². The van der Waals surface area contributed by atoms with Crippen molar-refractivity contribution in [2.75, 3.05) is 26.3 Å². The Bertz CT molecular complexity index is 1320. The van der Waals surface area contributed by atoms with Crippen LogP contribution in [0.2, 0.25) is 0 Å². The maximum absolute atomic E-state index is 12.9. The number of para-hydroxylation sites is 1. The van der Waals surface area contributed by atoms with Crippen molar-refractivity contribution in [3.8, 4) is 22.4 Å². The minimum Gasteiger partial charge on any atom is -0.379 e. The van der Waals surface area contributed by atoms with Crippen LogP contribution < -0.4 is 0 Å². The highest BCUT2D eigenvalue weighted by Crippen LogP contribution is 2.32. The quantitative estimate of drug-likeness (QED) is 0.424. The average molecular weight is 467 g/mol. The number of hydrogen-bond acceptors (Lipinski definition) is 4. The summed E-state index contributed by atoms with van der Waals surface area (Å²) in [4.78, 5) is 5.13. The van der Waals surface area contributed by atoms with Crippen molar-refractivity contribution in [1.82, 2.24) is 9.29 Å². The van der Waals surface area contributed by atoms with Gasteiger partial charge in [0.15, 0.2) is 0 Å². The molecular weight excluding hydrogens is 444 g/mol. The summed E-state index contributed by atoms with van der Waals surface area (Å²) < 4.78 is 32.6. The molecule has 0 bridgehead atoms. The Balaban J connectivity index is 0.00000245. The summed E-state index contributed by atoms with van der Waals surface area (Å²) in [6.45, 7) is 1.63. The van der Waals surface area contributed by atoms with Gasteiger partial charge in [-0.15, -0.1) is 12.4 Å². The maximum atomic E-state index is 12.9. The van der Waals surface area contributed by atoms with E-state index in [1.54, 1.807) is 12.1 Å². The molecule has 32 heavy (non-hydrogen) atoms. The zero-order chi connectivity index (χ0) is 21.3. The summed E-state index contributed by atoms with van der Waals surface area (Å²) in [6, 6.07) is 27.4. The van der Waals surface area contributed by atoms with E-state index in [1.165, 1.54) is 4.31 Å². The maximum Gasteiger partial charge on any atom is 0.243 e. The minimum absolute atomic E-state index is 0. The number of fused-ring (bicyclic) bond motifs is 1. The summed E-state index contributed by atoms with van der Waals surface area (Å²) >= 11 is 0. The zero-order valence-electron chi connectivity index (χ0n) is 17.3. The van der Waals surface area contributed by atoms with Gasteiger partial charge >= 0.3 is 0 Å². The minimum atomic E-state index is -3.51. The second kappa shape index (κ2) is 9.38. The number of ether oxygens (including phenoxy) is 1. The lowest BCUT2D eigenvalue weighted by atomic mass is 9.98. The first-order valence-corrected chi connectivity index (χ1v) is 11.7. The molecule has 0 aliphatic carbocycles. The Morgan fingerprint density at radius 2 is 1.44 bits per heavy atom. The normalized spacial score (nSPS) is 14.8. The lowest BCUT2D eigenvalue weighted by Crippen LogP contribution is -2.40. The smallest absolute Gasteiger partial charge is 0.243 e. The predicted molar refractivity (Wildman–Crippen MR) is 129 cm³/mol. The van der Waals surface area contributed by atoms with E-state index in [0.717, 1.165) is 33.3 Å². The van der Waals surface area contributed by atoms with Crippen LogP contribution in [0.4, 0.5) is 0 Å². The SMILES string of the molecule is Cl.O=S(=O)(c1ccc(-c2cc(-c3ccccc3)c3ccccc3n2)cc1)N1CCOCC1. The van der Waals surface area contributed by atoms with E-state index in [0.29, 0.717) is 31.2 Å². The van der Waals surface area contributed by atoms with Crippen molar-refractivity contribution in [3.63, 3.8) is 0 Å². The van der Waals surface area contributed by atoms with Crippen molar-refractivity contribution in [2.24, 2.45) is 0 Å². The molecule has 1 aromatic heterocycles. The topological polar surface area (TPSA) is 59.5 Å². The van der Waals surface area contributed by atoms with Gasteiger partial charge in [0, 0.05) is 24.0 Å². The van der Waals surface area contributed by atoms with Gasteiger partial charge in [-0.2, -0.15) is 4.31 Å². The average Bonchev–Trinajstić information content (AvgIpc) is 2.84. The van der Waals surface area contributed by atoms with Crippen LogP contribution in [0.5, 0.6) is 0 Å². The summed E-state index contributed by atoms with van der Waals surface area (Å²) in [7, 11) is -3.51. The van der Waals surface area contributed by atoms with Crippen LogP contribution >= 0.6 is 12.4 Å². The van der Waals surface area contributed by atoms with Crippen LogP contribution in [-0.4, -0.2) is 44.0 Å². The van der Waals surface area contributed by atoms with Gasteiger partial charge < -0.3 is 4.74 Å². The summed E-state index contributed by atoms with van der Waals surface area (Å²) in [5.74, 6) is 0. The number of benzene rings is 3. The molecule has 1 aliphatic rings. The van der Waals surface area contributed by atoms with Gasteiger partial charge in [-0.05, 0) is 35.4 Å². The molecule has 0 N–H and O–H groups in total. The number of nitrogens with zero attached hydrogens (tertiary/aromatic N) is 2. The summed E-state index contributed by atoms with van der Waals surface area (Å²) in [5.41, 5.74) is 4.82. The van der Waals surface area contributed by atoms with Crippen LogP contribution in [-0.2, 0) is 14.8 Å². The second-order valence-electron chi connectivity index (χ2n) is 7.48. The van der Waals surface area contributed by atoms with E-state index < -0.39 is 10.0 Å². The molecule has 0 radical (unpaired) electrons. The van der Waals surface area contributed by atoms with Gasteiger partial charge in [0.05, 0.1) is 29.3 Å². The van der Waals surface area contributed by atoms with Crippen LogP contribution in [0.3, 0.4) is 0 Å². The molecule has 0 spiro atoms. The summed E-state index contributed by atoms with van der Waals surface area (Å²) in [6.07, 6.45) is 0. The lowest BCUT2D eigenvalue weighted by Gasteiger charge is -2.26. The molecule has 0 atom stereocenters. The van der Waals surface area contributed by atoms with Crippen molar-refractivity contribution in [1.29, 1.82) is 0 Å². The molecule has 164 valence electrons. The Hall–Kier alpha value is -2.77. The molecule has 0 unspecified atom stereocenters. The highest BCUT2D eigenvalue weighted by molar-refractivity contribution is 7.89. The molecule has 1 saturated heterocycles. The van der Waals surface area contributed by atoms with E-state index in [4.69, 9.17) is 9.72 Å². The molecule has 2 heterocycles. The number of hydrogen-bond donors (Lipinski definition) is 0. The van der Waals surface area contributed by atoms with E-state index in [2.05, 4.69) is 24.3 Å². The Labute approximate surface area is 194 Å². The molecule has 5 rings (SSSR count). The lowest BCUT2D eigenvalue weighted by molar-refractivity contribution is 0.0730. The number of sulfonamides is 1. The molecule has 1 fully saturated rings. The first-order valence-electron chi connectivity index (χ1n) is 10.3. The highest BCUT2D eigenvalue weighted by Gasteiger charge is 2.26. The largest absolute Gasteiger partial charge is 0.379 e. The van der Waals surface area contributed by atoms with Gasteiger partial charge in [-0.3, -0.25) is 0 Å². The van der Waals surface area contributed by atoms with E-state index >= 15 is 0 Å². The third-order valence-electron chi connectivity index (χ3n) is 5.56. The number of pyridine rings is 1. The first kappa shape index (κ1) is 22.4. The van der Waals surface area contributed by atoms with E-state index in [-0.39, 0.29) is 12.4 Å². The fourth-order valence-corrected chi connectivity index (χ4v) is 5.32. The molecule has 0 saturated carbocycles. The second-order valence-corrected chi connectivity index (χ2v) is 9.42. The molecule has 0 amide bonds. The third-order valence-corrected chi connectivity index (χ3v) is 7.47. The predicted octanol–water partition coefficient (Wildman–Crippen LogP) is 5.01. The summed E-state index contributed by atoms with van der Waals surface area (Å²) in [5, 5.41) is 1.09. The molecule has 3 aromatic carbocycles. The van der Waals surface area contributed by atoms with Gasteiger partial charge in [0.2, 0.25) is 10.0 Å². The molecule has 7 heteroatoms. The highest BCUT2D eigenvalue weighted by atomic mass is 35.5. The monoisotopic (exact) mass is 466 g/mol. The van der Waals surface area contributed by atoms with Gasteiger partial charge in [-0.25, -0.2) is 13.4 Å². The van der Waals surface area contributed by atoms with Crippen LogP contribution in [0, 0.1) is 0 Å². The molecule has 1 aliphatic heterocycles. The number of morpholine rings is 1. The van der Waals surface area contributed by atoms with E-state index in [1.807, 2.05) is 48.5 Å². The Morgan fingerprint density at radius 1 is 0.781 bits per heavy atom. The molecule has 4 aromatic rings. The Kier molecular flexibility index (Phi) is 6.58. The standard InChI is InChI=1S/C25H22N2O3S.ClH/c28-31(29,27-14-16-30-17-15-27)21-12-10-20(11-13-21)25-18-23(19-6-2-1-3-7-19)22-8-4-5-9-24(22)26-25;/h1-13,18H,14-17H2;1H. The molecular formula is C25H23ClN2O3S. The Morgan fingerprint density at radius 3 is 2.16 bits per heavy atom. The number of aromatic nitrogens is 1. The third kappa shape index (κ3) is 4.27. The van der Waals surface area contributed by atoms with Crippen molar-refractivity contribution < 1.29 is 13.2 Å². The van der Waals surface area contributed by atoms with Gasteiger partial charge in [0.25, 0.3) is 0 Å². The number of rotatable bonds is 4.